The van der Waals surface area contributed by atoms with Gasteiger partial charge in [0, 0.05) is 33.0 Å². The predicted octanol–water partition coefficient (Wildman–Crippen LogP) is 11.3. The summed E-state index contributed by atoms with van der Waals surface area (Å²) in [7, 11) is 0. The normalized spacial score (nSPS) is 13.6. The van der Waals surface area contributed by atoms with Crippen molar-refractivity contribution in [3.8, 4) is 27.9 Å². The molecule has 8 rings (SSSR count). The van der Waals surface area contributed by atoms with E-state index in [1.54, 1.807) is 0 Å². The van der Waals surface area contributed by atoms with Crippen LogP contribution in [-0.2, 0) is 10.8 Å². The molecule has 0 radical (unpaired) electrons. The number of benzene rings is 6. The van der Waals surface area contributed by atoms with Gasteiger partial charge in [0.15, 0.2) is 5.78 Å². The van der Waals surface area contributed by atoms with Gasteiger partial charge in [0.05, 0.1) is 11.0 Å². The van der Waals surface area contributed by atoms with Gasteiger partial charge < -0.3 is 4.57 Å². The zero-order valence-electron chi connectivity index (χ0n) is 27.1. The first-order valence-corrected chi connectivity index (χ1v) is 16.2. The van der Waals surface area contributed by atoms with Gasteiger partial charge in [-0.25, -0.2) is 0 Å². The molecule has 224 valence electrons. The molecule has 1 heterocycles. The number of ketones is 1. The van der Waals surface area contributed by atoms with Crippen molar-refractivity contribution in [3.05, 3.63) is 161 Å². The maximum Gasteiger partial charge on any atom is 0.193 e. The summed E-state index contributed by atoms with van der Waals surface area (Å²) in [6.45, 7) is 11.3. The van der Waals surface area contributed by atoms with Gasteiger partial charge in [-0.1, -0.05) is 126 Å². The van der Waals surface area contributed by atoms with E-state index in [2.05, 4.69) is 136 Å². The molecule has 0 N–H and O–H groups in total. The summed E-state index contributed by atoms with van der Waals surface area (Å²) in [6.07, 6.45) is 0. The van der Waals surface area contributed by atoms with E-state index in [9.17, 15) is 4.79 Å². The van der Waals surface area contributed by atoms with Crippen molar-refractivity contribution in [2.45, 2.75) is 45.4 Å². The lowest BCUT2D eigenvalue weighted by Gasteiger charge is -2.23. The maximum absolute atomic E-state index is 14.1. The van der Waals surface area contributed by atoms with Crippen molar-refractivity contribution < 1.29 is 4.79 Å². The van der Waals surface area contributed by atoms with Crippen molar-refractivity contribution >= 4 is 27.6 Å². The molecule has 46 heavy (non-hydrogen) atoms. The molecule has 1 aromatic heterocycles. The summed E-state index contributed by atoms with van der Waals surface area (Å²) >= 11 is 0. The highest BCUT2D eigenvalue weighted by atomic mass is 16.1. The van der Waals surface area contributed by atoms with Crippen molar-refractivity contribution in [2.24, 2.45) is 0 Å². The Morgan fingerprint density at radius 1 is 0.609 bits per heavy atom. The Balaban J connectivity index is 1.27. The molecular formula is C44H37NO. The van der Waals surface area contributed by atoms with E-state index in [0.717, 1.165) is 22.4 Å². The van der Waals surface area contributed by atoms with Crippen LogP contribution in [0.1, 0.15) is 67.2 Å². The lowest BCUT2D eigenvalue weighted by atomic mass is 9.81. The number of nitrogens with zero attached hydrogens (tertiary/aromatic N) is 1. The number of carbonyl (C=O) groups is 1. The number of hydrogen-bond donors (Lipinski definition) is 0. The van der Waals surface area contributed by atoms with Gasteiger partial charge in [-0.15, -0.1) is 0 Å². The van der Waals surface area contributed by atoms with E-state index in [4.69, 9.17) is 0 Å². The van der Waals surface area contributed by atoms with E-state index in [1.807, 2.05) is 36.4 Å². The third-order valence-electron chi connectivity index (χ3n) is 9.91. The molecule has 0 fully saturated rings. The fourth-order valence-electron chi connectivity index (χ4n) is 7.50. The minimum Gasteiger partial charge on any atom is -0.309 e. The van der Waals surface area contributed by atoms with Crippen molar-refractivity contribution in [1.29, 1.82) is 0 Å². The molecule has 0 saturated carbocycles. The summed E-state index contributed by atoms with van der Waals surface area (Å²) in [5, 5.41) is 2.49. The first-order valence-electron chi connectivity index (χ1n) is 16.2. The average molecular weight is 596 g/mol. The number of carbonyl (C=O) groups excluding carboxylic acids is 1. The summed E-state index contributed by atoms with van der Waals surface area (Å²) in [5.74, 6) is 0.0366. The van der Waals surface area contributed by atoms with E-state index in [1.165, 1.54) is 44.1 Å². The van der Waals surface area contributed by atoms with Crippen LogP contribution in [0.15, 0.2) is 133 Å². The largest absolute Gasteiger partial charge is 0.309 e. The Labute approximate surface area is 271 Å². The van der Waals surface area contributed by atoms with Crippen LogP contribution < -0.4 is 0 Å². The molecule has 2 heteroatoms. The second-order valence-corrected chi connectivity index (χ2v) is 14.2. The van der Waals surface area contributed by atoms with Crippen LogP contribution in [0.2, 0.25) is 0 Å². The van der Waals surface area contributed by atoms with Crippen molar-refractivity contribution in [3.63, 3.8) is 0 Å². The van der Waals surface area contributed by atoms with Gasteiger partial charge in [-0.3, -0.25) is 4.79 Å². The number of rotatable bonds is 4. The van der Waals surface area contributed by atoms with Crippen molar-refractivity contribution in [2.75, 3.05) is 0 Å². The van der Waals surface area contributed by atoms with Crippen LogP contribution >= 0.6 is 0 Å². The molecule has 0 atom stereocenters. The lowest BCUT2D eigenvalue weighted by molar-refractivity contribution is 0.103. The molecule has 6 aromatic carbocycles. The van der Waals surface area contributed by atoms with Gasteiger partial charge in [-0.05, 0) is 86.8 Å². The molecule has 7 aromatic rings. The van der Waals surface area contributed by atoms with Crippen LogP contribution in [-0.4, -0.2) is 10.4 Å². The molecule has 0 aliphatic heterocycles. The van der Waals surface area contributed by atoms with E-state index < -0.39 is 0 Å². The highest BCUT2D eigenvalue weighted by molar-refractivity contribution is 6.13. The van der Waals surface area contributed by atoms with Crippen LogP contribution in [0, 0.1) is 0 Å². The fourth-order valence-corrected chi connectivity index (χ4v) is 7.50. The van der Waals surface area contributed by atoms with Gasteiger partial charge in [0.2, 0.25) is 0 Å². The van der Waals surface area contributed by atoms with Gasteiger partial charge in [-0.2, -0.15) is 0 Å². The average Bonchev–Trinajstić information content (AvgIpc) is 3.53. The summed E-state index contributed by atoms with van der Waals surface area (Å²) < 4.78 is 2.40. The Hall–Kier alpha value is -5.21. The van der Waals surface area contributed by atoms with Crippen LogP contribution in [0.3, 0.4) is 0 Å². The van der Waals surface area contributed by atoms with Gasteiger partial charge in [0.25, 0.3) is 0 Å². The molecule has 1 aliphatic carbocycles. The SMILES string of the molecule is CC(C)(C)c1cc(C(=O)c2ccc(-n3c4ccccc4c4ccc5c(c43)C(C)(C)c3ccccc3-5)cc2)cc(-c2ccccc2)c1. The highest BCUT2D eigenvalue weighted by Gasteiger charge is 2.38. The Morgan fingerprint density at radius 2 is 1.30 bits per heavy atom. The molecule has 1 aliphatic rings. The summed E-state index contributed by atoms with van der Waals surface area (Å²) in [4.78, 5) is 14.1. The topological polar surface area (TPSA) is 22.0 Å². The minimum atomic E-state index is -0.151. The summed E-state index contributed by atoms with van der Waals surface area (Å²) in [6, 6.07) is 46.9. The number of aromatic nitrogens is 1. The van der Waals surface area contributed by atoms with Gasteiger partial charge >= 0.3 is 0 Å². The molecule has 0 spiro atoms. The van der Waals surface area contributed by atoms with E-state index in [-0.39, 0.29) is 16.6 Å². The number of hydrogen-bond acceptors (Lipinski definition) is 1. The Kier molecular flexibility index (Phi) is 6.24. The maximum atomic E-state index is 14.1. The van der Waals surface area contributed by atoms with Crippen molar-refractivity contribution in [1.82, 2.24) is 4.57 Å². The Morgan fingerprint density at radius 3 is 2.07 bits per heavy atom. The lowest BCUT2D eigenvalue weighted by Crippen LogP contribution is -2.16. The highest BCUT2D eigenvalue weighted by Crippen LogP contribution is 2.52. The van der Waals surface area contributed by atoms with Crippen LogP contribution in [0.5, 0.6) is 0 Å². The standard InChI is InChI=1S/C44H37NO/c1-43(2,3)32-26-30(28-13-7-6-8-14-28)25-31(27-32)42(46)29-19-21-33(22-20-29)45-39-18-12-10-16-35(39)37-24-23-36-34-15-9-11-17-38(34)44(4,5)40(36)41(37)45/h6-27H,1-5H3. The smallest absolute Gasteiger partial charge is 0.193 e. The first kappa shape index (κ1) is 28.3. The molecule has 0 saturated heterocycles. The zero-order chi connectivity index (χ0) is 31.8. The quantitative estimate of drug-likeness (QED) is 0.186. The van der Waals surface area contributed by atoms with E-state index in [0.29, 0.717) is 11.1 Å². The summed E-state index contributed by atoms with van der Waals surface area (Å²) in [5.41, 5.74) is 13.3. The third-order valence-corrected chi connectivity index (χ3v) is 9.91. The Bertz CT molecular complexity index is 2310. The second kappa shape index (κ2) is 10.2. The number of fused-ring (bicyclic) bond motifs is 7. The predicted molar refractivity (Wildman–Crippen MR) is 192 cm³/mol. The van der Waals surface area contributed by atoms with Crippen LogP contribution in [0.25, 0.3) is 49.7 Å². The van der Waals surface area contributed by atoms with Crippen LogP contribution in [0.4, 0.5) is 0 Å². The second-order valence-electron chi connectivity index (χ2n) is 14.2. The number of para-hydroxylation sites is 1. The first-order chi connectivity index (χ1) is 22.1. The molecule has 0 bridgehead atoms. The molecular weight excluding hydrogens is 558 g/mol. The third kappa shape index (κ3) is 4.28. The molecule has 2 nitrogen and oxygen atoms in total. The fraction of sp³-hybridized carbons (Fsp3) is 0.159. The monoisotopic (exact) mass is 595 g/mol. The molecule has 0 amide bonds. The van der Waals surface area contributed by atoms with Gasteiger partial charge in [0.1, 0.15) is 0 Å². The molecule has 0 unspecified atom stereocenters. The zero-order valence-corrected chi connectivity index (χ0v) is 27.1. The van der Waals surface area contributed by atoms with E-state index >= 15 is 0 Å². The minimum absolute atomic E-state index is 0.0366.